The van der Waals surface area contributed by atoms with Crippen molar-refractivity contribution in [3.8, 4) is 0 Å². The highest BCUT2D eigenvalue weighted by atomic mass is 16.5. The van der Waals surface area contributed by atoms with Crippen molar-refractivity contribution in [2.45, 2.75) is 25.7 Å². The third-order valence-corrected chi connectivity index (χ3v) is 4.93. The van der Waals surface area contributed by atoms with Crippen LogP contribution in [0.2, 0.25) is 0 Å². The number of ether oxygens (including phenoxy) is 1. The molecule has 0 spiro atoms. The van der Waals surface area contributed by atoms with E-state index in [1.165, 1.54) is 18.2 Å². The summed E-state index contributed by atoms with van der Waals surface area (Å²) in [4.78, 5) is 25.3. The van der Waals surface area contributed by atoms with Crippen molar-refractivity contribution in [3.05, 3.63) is 76.6 Å². The molecule has 3 aromatic rings. The van der Waals surface area contributed by atoms with E-state index in [2.05, 4.69) is 6.07 Å². The van der Waals surface area contributed by atoms with Gasteiger partial charge in [-0.25, -0.2) is 4.79 Å². The Bertz CT molecular complexity index is 970. The van der Waals surface area contributed by atoms with E-state index >= 15 is 0 Å². The maximum Gasteiger partial charge on any atom is 0.340 e. The summed E-state index contributed by atoms with van der Waals surface area (Å²) < 4.78 is 6.82. The fourth-order valence-corrected chi connectivity index (χ4v) is 3.71. The van der Waals surface area contributed by atoms with Gasteiger partial charge < -0.3 is 9.14 Å². The molecule has 0 amide bonds. The highest BCUT2D eigenvalue weighted by molar-refractivity contribution is 6.11. The van der Waals surface area contributed by atoms with Crippen LogP contribution < -0.4 is 0 Å². The molecular weight excluding hydrogens is 314 g/mol. The van der Waals surface area contributed by atoms with Gasteiger partial charge >= 0.3 is 5.97 Å². The smallest absolute Gasteiger partial charge is 0.340 e. The number of methoxy groups -OCH3 is 1. The molecule has 0 fully saturated rings. The Morgan fingerprint density at radius 1 is 1.04 bits per heavy atom. The van der Waals surface area contributed by atoms with Gasteiger partial charge in [0.25, 0.3) is 0 Å². The van der Waals surface area contributed by atoms with Crippen LogP contribution in [0.4, 0.5) is 0 Å². The standard InChI is InChI=1S/C21H19NO3/c1-25-21(24)17-13-18(20(23)15-8-3-2-4-9-15)22-12-11-14-7-5-6-10-16(14)19(17)22/h2-4,8-9,11-13H,5-7,10H2,1H3. The second kappa shape index (κ2) is 6.20. The average molecular weight is 333 g/mol. The normalized spacial score (nSPS) is 13.5. The van der Waals surface area contributed by atoms with Gasteiger partial charge in [-0.2, -0.15) is 0 Å². The zero-order valence-corrected chi connectivity index (χ0v) is 14.1. The number of esters is 1. The van der Waals surface area contributed by atoms with Crippen LogP contribution in [-0.4, -0.2) is 23.3 Å². The molecule has 0 unspecified atom stereocenters. The van der Waals surface area contributed by atoms with E-state index in [0.29, 0.717) is 16.8 Å². The molecule has 25 heavy (non-hydrogen) atoms. The Morgan fingerprint density at radius 3 is 2.56 bits per heavy atom. The second-order valence-corrected chi connectivity index (χ2v) is 6.38. The molecule has 2 aromatic heterocycles. The summed E-state index contributed by atoms with van der Waals surface area (Å²) in [6.45, 7) is 0. The van der Waals surface area contributed by atoms with Crippen LogP contribution in [0.15, 0.2) is 48.7 Å². The van der Waals surface area contributed by atoms with E-state index in [1.54, 1.807) is 18.2 Å². The molecule has 126 valence electrons. The number of pyridine rings is 1. The van der Waals surface area contributed by atoms with Gasteiger partial charge in [0.05, 0.1) is 23.9 Å². The first-order valence-electron chi connectivity index (χ1n) is 8.54. The van der Waals surface area contributed by atoms with Crippen LogP contribution in [0.1, 0.15) is 50.4 Å². The van der Waals surface area contributed by atoms with Gasteiger partial charge in [-0.15, -0.1) is 0 Å². The molecule has 0 N–H and O–H groups in total. The van der Waals surface area contributed by atoms with Gasteiger partial charge in [0.1, 0.15) is 0 Å². The lowest BCUT2D eigenvalue weighted by atomic mass is 9.91. The molecule has 0 radical (unpaired) electrons. The molecule has 0 aliphatic heterocycles. The fourth-order valence-electron chi connectivity index (χ4n) is 3.71. The SMILES string of the molecule is COC(=O)c1cc(C(=O)c2ccccc2)n2ccc3c(c12)CCCC3. The van der Waals surface area contributed by atoms with Crippen molar-refractivity contribution < 1.29 is 14.3 Å². The fraction of sp³-hybridized carbons (Fsp3) is 0.238. The van der Waals surface area contributed by atoms with Crippen molar-refractivity contribution in [1.29, 1.82) is 0 Å². The highest BCUT2D eigenvalue weighted by Crippen LogP contribution is 2.30. The van der Waals surface area contributed by atoms with E-state index < -0.39 is 5.97 Å². The van der Waals surface area contributed by atoms with E-state index in [9.17, 15) is 9.59 Å². The Labute approximate surface area is 146 Å². The monoisotopic (exact) mass is 333 g/mol. The van der Waals surface area contributed by atoms with Gasteiger partial charge in [-0.1, -0.05) is 30.3 Å². The molecule has 0 bridgehead atoms. The largest absolute Gasteiger partial charge is 0.465 e. The average Bonchev–Trinajstić information content (AvgIpc) is 3.07. The zero-order valence-electron chi connectivity index (χ0n) is 14.1. The van der Waals surface area contributed by atoms with Gasteiger partial charge in [0, 0.05) is 11.8 Å². The number of aromatic nitrogens is 1. The topological polar surface area (TPSA) is 47.8 Å². The van der Waals surface area contributed by atoms with Crippen molar-refractivity contribution in [1.82, 2.24) is 4.40 Å². The minimum absolute atomic E-state index is 0.0958. The summed E-state index contributed by atoms with van der Waals surface area (Å²) in [5.74, 6) is -0.495. The number of nitrogens with zero attached hydrogens (tertiary/aromatic N) is 1. The van der Waals surface area contributed by atoms with Crippen LogP contribution in [-0.2, 0) is 17.6 Å². The Kier molecular flexibility index (Phi) is 3.88. The van der Waals surface area contributed by atoms with E-state index in [0.717, 1.165) is 31.2 Å². The molecule has 1 aromatic carbocycles. The summed E-state index contributed by atoms with van der Waals surface area (Å²) >= 11 is 0. The van der Waals surface area contributed by atoms with E-state index in [1.807, 2.05) is 28.8 Å². The molecule has 1 aliphatic rings. The Morgan fingerprint density at radius 2 is 1.80 bits per heavy atom. The maximum absolute atomic E-state index is 13.0. The molecule has 0 saturated heterocycles. The lowest BCUT2D eigenvalue weighted by molar-refractivity contribution is 0.0603. The van der Waals surface area contributed by atoms with Crippen LogP contribution in [0.3, 0.4) is 0 Å². The highest BCUT2D eigenvalue weighted by Gasteiger charge is 2.25. The number of hydrogen-bond donors (Lipinski definition) is 0. The maximum atomic E-state index is 13.0. The molecule has 0 saturated carbocycles. The van der Waals surface area contributed by atoms with Crippen molar-refractivity contribution in [2.24, 2.45) is 0 Å². The van der Waals surface area contributed by atoms with E-state index in [-0.39, 0.29) is 5.78 Å². The van der Waals surface area contributed by atoms with Crippen LogP contribution in [0.25, 0.3) is 5.52 Å². The third kappa shape index (κ3) is 2.54. The van der Waals surface area contributed by atoms with Crippen molar-refractivity contribution >= 4 is 17.3 Å². The molecule has 0 atom stereocenters. The number of fused-ring (bicyclic) bond motifs is 3. The predicted octanol–water partition coefficient (Wildman–Crippen LogP) is 3.84. The molecule has 4 rings (SSSR count). The first-order valence-corrected chi connectivity index (χ1v) is 8.54. The van der Waals surface area contributed by atoms with Crippen molar-refractivity contribution in [2.75, 3.05) is 7.11 Å². The first-order chi connectivity index (χ1) is 12.2. The van der Waals surface area contributed by atoms with Gasteiger partial charge in [-0.05, 0) is 48.9 Å². The lowest BCUT2D eigenvalue weighted by Gasteiger charge is -2.18. The number of hydrogen-bond acceptors (Lipinski definition) is 3. The third-order valence-electron chi connectivity index (χ3n) is 4.93. The minimum atomic E-state index is -0.399. The summed E-state index contributed by atoms with van der Waals surface area (Å²) in [6.07, 6.45) is 6.10. The van der Waals surface area contributed by atoms with E-state index in [4.69, 9.17) is 4.74 Å². The van der Waals surface area contributed by atoms with Gasteiger partial charge in [-0.3, -0.25) is 4.79 Å². The number of carbonyl (C=O) groups excluding carboxylic acids is 2. The minimum Gasteiger partial charge on any atom is -0.465 e. The summed E-state index contributed by atoms with van der Waals surface area (Å²) in [5, 5.41) is 0. The lowest BCUT2D eigenvalue weighted by Crippen LogP contribution is -2.10. The number of carbonyl (C=O) groups is 2. The zero-order chi connectivity index (χ0) is 17.4. The van der Waals surface area contributed by atoms with Crippen LogP contribution >= 0.6 is 0 Å². The quantitative estimate of drug-likeness (QED) is 0.540. The second-order valence-electron chi connectivity index (χ2n) is 6.38. The molecule has 4 nitrogen and oxygen atoms in total. The molecule has 2 heterocycles. The van der Waals surface area contributed by atoms with Gasteiger partial charge in [0.15, 0.2) is 0 Å². The summed E-state index contributed by atoms with van der Waals surface area (Å²) in [7, 11) is 1.37. The summed E-state index contributed by atoms with van der Waals surface area (Å²) in [6, 6.07) is 12.9. The van der Waals surface area contributed by atoms with Crippen LogP contribution in [0.5, 0.6) is 0 Å². The Hall–Kier alpha value is -2.88. The Balaban J connectivity index is 1.97. The van der Waals surface area contributed by atoms with Crippen LogP contribution in [0, 0.1) is 0 Å². The molecular formula is C21H19NO3. The number of ketones is 1. The predicted molar refractivity (Wildman–Crippen MR) is 95.3 cm³/mol. The van der Waals surface area contributed by atoms with Crippen molar-refractivity contribution in [3.63, 3.8) is 0 Å². The molecule has 4 heteroatoms. The number of benzene rings is 1. The van der Waals surface area contributed by atoms with Gasteiger partial charge in [0.2, 0.25) is 5.78 Å². The first kappa shape index (κ1) is 15.6. The summed E-state index contributed by atoms with van der Waals surface area (Å²) in [5.41, 5.74) is 4.83. The number of rotatable bonds is 3. The number of aryl methyl sites for hydroxylation is 2. The molecule has 1 aliphatic carbocycles.